The first-order chi connectivity index (χ1) is 10.1. The van der Waals surface area contributed by atoms with Gasteiger partial charge in [0.1, 0.15) is 6.04 Å². The van der Waals surface area contributed by atoms with Gasteiger partial charge in [-0.25, -0.2) is 0 Å². The number of carbonyl (C=O) groups is 1. The van der Waals surface area contributed by atoms with Crippen LogP contribution in [-0.4, -0.2) is 27.3 Å². The number of hydrogen-bond donors (Lipinski definition) is 2. The molecule has 110 valence electrons. The van der Waals surface area contributed by atoms with Crippen molar-refractivity contribution in [2.24, 2.45) is 5.92 Å². The standard InChI is InChI=1S/C15H17N3O3/c1-9-2-4-11(5-3-9)14-17-12(21-18-14)8-16-13(15(19)20)10-6-7-10/h2-5,10,13,16H,6-8H2,1H3,(H,19,20). The number of aliphatic carboxylic acids is 1. The predicted octanol–water partition coefficient (Wildman–Crippen LogP) is 2.00. The van der Waals surface area contributed by atoms with E-state index in [2.05, 4.69) is 15.5 Å². The molecule has 0 aliphatic heterocycles. The molecule has 2 N–H and O–H groups in total. The molecule has 1 fully saturated rings. The second-order valence-electron chi connectivity index (χ2n) is 5.41. The number of aryl methyl sites for hydroxylation is 1. The number of carboxylic acid groups (broad SMARTS) is 1. The van der Waals surface area contributed by atoms with Crippen LogP contribution in [0.1, 0.15) is 24.3 Å². The Hall–Kier alpha value is -2.21. The Kier molecular flexibility index (Phi) is 3.70. The largest absolute Gasteiger partial charge is 0.480 e. The molecule has 1 unspecified atom stereocenters. The number of nitrogens with one attached hydrogen (secondary N) is 1. The molecular weight excluding hydrogens is 270 g/mol. The van der Waals surface area contributed by atoms with Crippen LogP contribution in [0.3, 0.4) is 0 Å². The molecule has 21 heavy (non-hydrogen) atoms. The normalized spacial score (nSPS) is 15.9. The molecule has 1 aliphatic carbocycles. The van der Waals surface area contributed by atoms with Crippen LogP contribution >= 0.6 is 0 Å². The van der Waals surface area contributed by atoms with Gasteiger partial charge in [0, 0.05) is 5.56 Å². The number of nitrogens with zero attached hydrogens (tertiary/aromatic N) is 2. The van der Waals surface area contributed by atoms with Gasteiger partial charge in [-0.05, 0) is 25.7 Å². The van der Waals surface area contributed by atoms with Crippen LogP contribution in [0.25, 0.3) is 11.4 Å². The second kappa shape index (κ2) is 5.65. The lowest BCUT2D eigenvalue weighted by atomic mass is 10.1. The van der Waals surface area contributed by atoms with E-state index in [9.17, 15) is 4.79 Å². The minimum atomic E-state index is -0.823. The molecule has 1 aliphatic rings. The molecule has 3 rings (SSSR count). The Morgan fingerprint density at radius 3 is 2.76 bits per heavy atom. The summed E-state index contributed by atoms with van der Waals surface area (Å²) in [5, 5.41) is 16.0. The van der Waals surface area contributed by atoms with Gasteiger partial charge in [-0.3, -0.25) is 10.1 Å². The van der Waals surface area contributed by atoms with E-state index in [0.717, 1.165) is 24.0 Å². The Morgan fingerprint density at radius 2 is 2.14 bits per heavy atom. The van der Waals surface area contributed by atoms with Gasteiger partial charge in [0.05, 0.1) is 6.54 Å². The fraction of sp³-hybridized carbons (Fsp3) is 0.400. The summed E-state index contributed by atoms with van der Waals surface area (Å²) in [6, 6.07) is 7.30. The van der Waals surface area contributed by atoms with E-state index in [1.807, 2.05) is 31.2 Å². The van der Waals surface area contributed by atoms with Gasteiger partial charge in [-0.2, -0.15) is 4.98 Å². The first-order valence-electron chi connectivity index (χ1n) is 6.99. The number of hydrogen-bond acceptors (Lipinski definition) is 5. The first kappa shape index (κ1) is 13.8. The fourth-order valence-electron chi connectivity index (χ4n) is 2.23. The lowest BCUT2D eigenvalue weighted by molar-refractivity contribution is -0.140. The van der Waals surface area contributed by atoms with Crippen LogP contribution in [0.5, 0.6) is 0 Å². The molecule has 1 aromatic heterocycles. The predicted molar refractivity (Wildman–Crippen MR) is 75.5 cm³/mol. The maximum absolute atomic E-state index is 11.1. The molecule has 2 aromatic rings. The topological polar surface area (TPSA) is 88.2 Å². The summed E-state index contributed by atoms with van der Waals surface area (Å²) in [6.45, 7) is 2.28. The van der Waals surface area contributed by atoms with E-state index >= 15 is 0 Å². The number of benzene rings is 1. The lowest BCUT2D eigenvalue weighted by Crippen LogP contribution is -2.38. The van der Waals surface area contributed by atoms with Gasteiger partial charge in [-0.15, -0.1) is 0 Å². The van der Waals surface area contributed by atoms with Gasteiger partial charge in [0.25, 0.3) is 0 Å². The molecule has 6 nitrogen and oxygen atoms in total. The highest BCUT2D eigenvalue weighted by molar-refractivity contribution is 5.74. The molecule has 0 radical (unpaired) electrons. The van der Waals surface area contributed by atoms with Crippen molar-refractivity contribution in [3.05, 3.63) is 35.7 Å². The average molecular weight is 287 g/mol. The van der Waals surface area contributed by atoms with Crippen LogP contribution in [0.15, 0.2) is 28.8 Å². The highest BCUT2D eigenvalue weighted by Crippen LogP contribution is 2.32. The van der Waals surface area contributed by atoms with E-state index < -0.39 is 12.0 Å². The number of rotatable bonds is 6. The first-order valence-corrected chi connectivity index (χ1v) is 6.99. The zero-order valence-electron chi connectivity index (χ0n) is 11.7. The summed E-state index contributed by atoms with van der Waals surface area (Å²) in [4.78, 5) is 15.4. The third kappa shape index (κ3) is 3.28. The molecule has 6 heteroatoms. The van der Waals surface area contributed by atoms with E-state index in [1.165, 1.54) is 0 Å². The summed E-state index contributed by atoms with van der Waals surface area (Å²) in [5.74, 6) is 0.320. The van der Waals surface area contributed by atoms with Crippen molar-refractivity contribution in [3.8, 4) is 11.4 Å². The third-order valence-corrected chi connectivity index (χ3v) is 3.61. The molecular formula is C15H17N3O3. The Morgan fingerprint density at radius 1 is 1.43 bits per heavy atom. The van der Waals surface area contributed by atoms with Crippen LogP contribution in [0.2, 0.25) is 0 Å². The monoisotopic (exact) mass is 287 g/mol. The van der Waals surface area contributed by atoms with E-state index in [4.69, 9.17) is 9.63 Å². The number of aromatic nitrogens is 2. The van der Waals surface area contributed by atoms with Gasteiger partial charge < -0.3 is 9.63 Å². The van der Waals surface area contributed by atoms with Gasteiger partial charge >= 0.3 is 5.97 Å². The van der Waals surface area contributed by atoms with Gasteiger partial charge in [0.15, 0.2) is 0 Å². The second-order valence-corrected chi connectivity index (χ2v) is 5.41. The van der Waals surface area contributed by atoms with Crippen molar-refractivity contribution in [2.75, 3.05) is 0 Å². The summed E-state index contributed by atoms with van der Waals surface area (Å²) >= 11 is 0. The van der Waals surface area contributed by atoms with Gasteiger partial charge in [-0.1, -0.05) is 35.0 Å². The van der Waals surface area contributed by atoms with Crippen LogP contribution < -0.4 is 5.32 Å². The van der Waals surface area contributed by atoms with E-state index in [0.29, 0.717) is 11.7 Å². The van der Waals surface area contributed by atoms with Crippen LogP contribution in [0, 0.1) is 12.8 Å². The summed E-state index contributed by atoms with van der Waals surface area (Å²) in [6.07, 6.45) is 1.92. The minimum Gasteiger partial charge on any atom is -0.480 e. The van der Waals surface area contributed by atoms with Gasteiger partial charge in [0.2, 0.25) is 11.7 Å². The van der Waals surface area contributed by atoms with E-state index in [-0.39, 0.29) is 12.5 Å². The quantitative estimate of drug-likeness (QED) is 0.844. The van der Waals surface area contributed by atoms with Crippen molar-refractivity contribution in [2.45, 2.75) is 32.4 Å². The maximum atomic E-state index is 11.1. The molecule has 0 spiro atoms. The molecule has 1 heterocycles. The summed E-state index contributed by atoms with van der Waals surface area (Å²) in [5.41, 5.74) is 2.05. The molecule has 1 aromatic carbocycles. The SMILES string of the molecule is Cc1ccc(-c2noc(CNC(C(=O)O)C3CC3)n2)cc1. The smallest absolute Gasteiger partial charge is 0.320 e. The average Bonchev–Trinajstić information content (AvgIpc) is 3.18. The summed E-state index contributed by atoms with van der Waals surface area (Å²) < 4.78 is 5.16. The Labute approximate surface area is 122 Å². The van der Waals surface area contributed by atoms with Crippen molar-refractivity contribution in [1.29, 1.82) is 0 Å². The molecule has 0 amide bonds. The lowest BCUT2D eigenvalue weighted by Gasteiger charge is -2.10. The Bertz CT molecular complexity index is 632. The summed E-state index contributed by atoms with van der Waals surface area (Å²) in [7, 11) is 0. The molecule has 1 atom stereocenters. The maximum Gasteiger partial charge on any atom is 0.320 e. The van der Waals surface area contributed by atoms with Crippen LogP contribution in [0.4, 0.5) is 0 Å². The van der Waals surface area contributed by atoms with E-state index in [1.54, 1.807) is 0 Å². The zero-order valence-corrected chi connectivity index (χ0v) is 11.7. The minimum absolute atomic E-state index is 0.224. The van der Waals surface area contributed by atoms with Crippen molar-refractivity contribution in [3.63, 3.8) is 0 Å². The fourth-order valence-corrected chi connectivity index (χ4v) is 2.23. The molecule has 1 saturated carbocycles. The van der Waals surface area contributed by atoms with Crippen LogP contribution in [-0.2, 0) is 11.3 Å². The molecule has 0 bridgehead atoms. The highest BCUT2D eigenvalue weighted by Gasteiger charge is 2.36. The van der Waals surface area contributed by atoms with Crippen molar-refractivity contribution < 1.29 is 14.4 Å². The Balaban J connectivity index is 1.64. The van der Waals surface area contributed by atoms with Crippen molar-refractivity contribution in [1.82, 2.24) is 15.5 Å². The molecule has 0 saturated heterocycles. The zero-order chi connectivity index (χ0) is 14.8. The third-order valence-electron chi connectivity index (χ3n) is 3.61. The number of carboxylic acids is 1. The van der Waals surface area contributed by atoms with Crippen molar-refractivity contribution >= 4 is 5.97 Å². The highest BCUT2D eigenvalue weighted by atomic mass is 16.5.